The molecule has 2 aromatic rings. The number of aromatic nitrogens is 2. The van der Waals surface area contributed by atoms with E-state index in [1.54, 1.807) is 21.0 Å². The van der Waals surface area contributed by atoms with Crippen molar-refractivity contribution in [1.29, 1.82) is 0 Å². The van der Waals surface area contributed by atoms with Gasteiger partial charge in [0.15, 0.2) is 0 Å². The number of hydrogen-bond donors (Lipinski definition) is 2. The van der Waals surface area contributed by atoms with E-state index in [9.17, 15) is 9.59 Å². The Kier molecular flexibility index (Phi) is 5.62. The minimum absolute atomic E-state index is 0.00377. The van der Waals surface area contributed by atoms with Crippen molar-refractivity contribution in [3.05, 3.63) is 57.3 Å². The average molecular weight is 343 g/mol. The van der Waals surface area contributed by atoms with Gasteiger partial charge in [-0.25, -0.2) is 4.98 Å². The van der Waals surface area contributed by atoms with E-state index >= 15 is 0 Å². The number of hydrogen-bond acceptors (Lipinski definition) is 4. The Bertz CT molecular complexity index is 825. The number of nitrogens with zero attached hydrogens (tertiary/aromatic N) is 1. The molecule has 1 aromatic heterocycles. The standard InChI is InChI=1S/C19H25N3O3/c1-12-15(18(24)21-13(2)20-12)10-17(23)22-19(3,4)11-14-8-6-7-9-16(14)25-5/h6-9H,10-11H2,1-5H3,(H,22,23)(H,20,21,24). The maximum absolute atomic E-state index is 12.4. The minimum atomic E-state index is -0.482. The van der Waals surface area contributed by atoms with Crippen molar-refractivity contribution >= 4 is 5.91 Å². The number of aromatic amines is 1. The predicted octanol–water partition coefficient (Wildman–Crippen LogP) is 2.08. The number of ether oxygens (including phenoxy) is 1. The van der Waals surface area contributed by atoms with Gasteiger partial charge in [-0.2, -0.15) is 0 Å². The second-order valence-electron chi connectivity index (χ2n) is 6.81. The van der Waals surface area contributed by atoms with Crippen molar-refractivity contribution in [3.8, 4) is 5.75 Å². The first-order valence-corrected chi connectivity index (χ1v) is 8.21. The maximum atomic E-state index is 12.4. The summed E-state index contributed by atoms with van der Waals surface area (Å²) in [4.78, 5) is 31.3. The number of carbonyl (C=O) groups excluding carboxylic acids is 1. The van der Waals surface area contributed by atoms with E-state index in [4.69, 9.17) is 4.74 Å². The van der Waals surface area contributed by atoms with Crippen LogP contribution >= 0.6 is 0 Å². The van der Waals surface area contributed by atoms with E-state index in [-0.39, 0.29) is 17.9 Å². The van der Waals surface area contributed by atoms with E-state index in [0.29, 0.717) is 23.5 Å². The average Bonchev–Trinajstić information content (AvgIpc) is 2.50. The number of amides is 1. The van der Waals surface area contributed by atoms with E-state index in [0.717, 1.165) is 11.3 Å². The van der Waals surface area contributed by atoms with Crippen LogP contribution in [0.3, 0.4) is 0 Å². The summed E-state index contributed by atoms with van der Waals surface area (Å²) in [6.45, 7) is 7.35. The molecule has 0 aliphatic heterocycles. The molecule has 6 nitrogen and oxygen atoms in total. The van der Waals surface area contributed by atoms with Crippen LogP contribution in [-0.4, -0.2) is 28.5 Å². The fourth-order valence-corrected chi connectivity index (χ4v) is 2.91. The lowest BCUT2D eigenvalue weighted by atomic mass is 9.94. The summed E-state index contributed by atoms with van der Waals surface area (Å²) in [7, 11) is 1.63. The molecule has 25 heavy (non-hydrogen) atoms. The fraction of sp³-hybridized carbons (Fsp3) is 0.421. The fourth-order valence-electron chi connectivity index (χ4n) is 2.91. The number of nitrogens with one attached hydrogen (secondary N) is 2. The van der Waals surface area contributed by atoms with Gasteiger partial charge in [0.1, 0.15) is 11.6 Å². The van der Waals surface area contributed by atoms with Gasteiger partial charge in [-0.3, -0.25) is 9.59 Å². The van der Waals surface area contributed by atoms with Crippen LogP contribution in [0.25, 0.3) is 0 Å². The number of carbonyl (C=O) groups is 1. The van der Waals surface area contributed by atoms with Crippen LogP contribution in [0.2, 0.25) is 0 Å². The lowest BCUT2D eigenvalue weighted by Gasteiger charge is -2.27. The summed E-state index contributed by atoms with van der Waals surface area (Å²) in [6.07, 6.45) is 0.619. The molecule has 0 fully saturated rings. The molecule has 0 saturated heterocycles. The molecule has 0 unspecified atom stereocenters. The molecule has 1 heterocycles. The molecule has 2 N–H and O–H groups in total. The molecule has 0 aliphatic rings. The molecule has 0 spiro atoms. The molecule has 1 amide bonds. The number of para-hydroxylation sites is 1. The zero-order valence-corrected chi connectivity index (χ0v) is 15.4. The van der Waals surface area contributed by atoms with Gasteiger partial charge in [0, 0.05) is 16.8 Å². The van der Waals surface area contributed by atoms with Gasteiger partial charge in [0.2, 0.25) is 5.91 Å². The van der Waals surface area contributed by atoms with Crippen molar-refractivity contribution in [1.82, 2.24) is 15.3 Å². The summed E-state index contributed by atoms with van der Waals surface area (Å²) < 4.78 is 5.37. The number of rotatable bonds is 6. The van der Waals surface area contributed by atoms with E-state index in [1.165, 1.54) is 0 Å². The third-order valence-corrected chi connectivity index (χ3v) is 3.98. The highest BCUT2D eigenvalue weighted by atomic mass is 16.5. The smallest absolute Gasteiger partial charge is 0.254 e. The van der Waals surface area contributed by atoms with Crippen LogP contribution in [0, 0.1) is 13.8 Å². The summed E-state index contributed by atoms with van der Waals surface area (Å²) in [6, 6.07) is 7.73. The molecule has 0 saturated carbocycles. The van der Waals surface area contributed by atoms with Gasteiger partial charge in [0.05, 0.1) is 13.5 Å². The summed E-state index contributed by atoms with van der Waals surface area (Å²) in [5.41, 5.74) is 1.25. The minimum Gasteiger partial charge on any atom is -0.496 e. The number of benzene rings is 1. The summed E-state index contributed by atoms with van der Waals surface area (Å²) in [5.74, 6) is 1.13. The lowest BCUT2D eigenvalue weighted by Crippen LogP contribution is -2.46. The van der Waals surface area contributed by atoms with Crippen molar-refractivity contribution in [2.24, 2.45) is 0 Å². The number of H-pyrrole nitrogens is 1. The number of methoxy groups -OCH3 is 1. The van der Waals surface area contributed by atoms with Crippen LogP contribution in [0.1, 0.15) is 36.5 Å². The van der Waals surface area contributed by atoms with Gasteiger partial charge in [0.25, 0.3) is 5.56 Å². The van der Waals surface area contributed by atoms with Crippen LogP contribution in [0.15, 0.2) is 29.1 Å². The zero-order valence-electron chi connectivity index (χ0n) is 15.4. The summed E-state index contributed by atoms with van der Waals surface area (Å²) in [5, 5.41) is 3.00. The van der Waals surface area contributed by atoms with Crippen molar-refractivity contribution < 1.29 is 9.53 Å². The van der Waals surface area contributed by atoms with Gasteiger partial charge in [-0.05, 0) is 45.7 Å². The third kappa shape index (κ3) is 4.92. The van der Waals surface area contributed by atoms with Crippen LogP contribution in [0.5, 0.6) is 5.75 Å². The Morgan fingerprint density at radius 2 is 1.96 bits per heavy atom. The van der Waals surface area contributed by atoms with Crippen LogP contribution in [-0.2, 0) is 17.6 Å². The third-order valence-electron chi connectivity index (χ3n) is 3.98. The molecule has 1 aromatic carbocycles. The lowest BCUT2D eigenvalue weighted by molar-refractivity contribution is -0.122. The topological polar surface area (TPSA) is 84.1 Å². The molecular formula is C19H25N3O3. The largest absolute Gasteiger partial charge is 0.496 e. The first-order valence-electron chi connectivity index (χ1n) is 8.21. The molecule has 0 radical (unpaired) electrons. The van der Waals surface area contributed by atoms with Crippen molar-refractivity contribution in [3.63, 3.8) is 0 Å². The van der Waals surface area contributed by atoms with Crippen LogP contribution in [0.4, 0.5) is 0 Å². The summed E-state index contributed by atoms with van der Waals surface area (Å²) >= 11 is 0. The highest BCUT2D eigenvalue weighted by Crippen LogP contribution is 2.22. The van der Waals surface area contributed by atoms with E-state index < -0.39 is 5.54 Å². The second kappa shape index (κ2) is 7.51. The van der Waals surface area contributed by atoms with Crippen molar-refractivity contribution in [2.75, 3.05) is 7.11 Å². The molecule has 2 rings (SSSR count). The quantitative estimate of drug-likeness (QED) is 0.841. The van der Waals surface area contributed by atoms with Gasteiger partial charge >= 0.3 is 0 Å². The predicted molar refractivity (Wildman–Crippen MR) is 97.0 cm³/mol. The number of aryl methyl sites for hydroxylation is 2. The van der Waals surface area contributed by atoms with Crippen molar-refractivity contribution in [2.45, 2.75) is 46.1 Å². The molecule has 0 bridgehead atoms. The zero-order chi connectivity index (χ0) is 18.6. The maximum Gasteiger partial charge on any atom is 0.254 e. The monoisotopic (exact) mass is 343 g/mol. The first kappa shape index (κ1) is 18.7. The Labute approximate surface area is 147 Å². The SMILES string of the molecule is COc1ccccc1CC(C)(C)NC(=O)Cc1c(C)nc(C)[nH]c1=O. The molecule has 0 aliphatic carbocycles. The molecular weight excluding hydrogens is 318 g/mol. The Hall–Kier alpha value is -2.63. The molecule has 6 heteroatoms. The van der Waals surface area contributed by atoms with E-state index in [1.807, 2.05) is 38.1 Å². The molecule has 134 valence electrons. The Morgan fingerprint density at radius 1 is 1.28 bits per heavy atom. The van der Waals surface area contributed by atoms with Gasteiger partial charge in [-0.1, -0.05) is 18.2 Å². The Balaban J connectivity index is 2.10. The second-order valence-corrected chi connectivity index (χ2v) is 6.81. The van der Waals surface area contributed by atoms with Crippen LogP contribution < -0.4 is 15.6 Å². The Morgan fingerprint density at radius 3 is 2.60 bits per heavy atom. The molecule has 0 atom stereocenters. The van der Waals surface area contributed by atoms with Gasteiger partial charge < -0.3 is 15.0 Å². The highest BCUT2D eigenvalue weighted by molar-refractivity contribution is 5.79. The van der Waals surface area contributed by atoms with E-state index in [2.05, 4.69) is 15.3 Å². The first-order chi connectivity index (χ1) is 11.7. The normalized spacial score (nSPS) is 11.2. The highest BCUT2D eigenvalue weighted by Gasteiger charge is 2.23. The van der Waals surface area contributed by atoms with Gasteiger partial charge in [-0.15, -0.1) is 0 Å².